The Labute approximate surface area is 125 Å². The van der Waals surface area contributed by atoms with Crippen molar-refractivity contribution in [3.63, 3.8) is 0 Å². The Kier molecular flexibility index (Phi) is 4.27. The summed E-state index contributed by atoms with van der Waals surface area (Å²) in [7, 11) is 0. The molecule has 1 aliphatic heterocycles. The largest absolute Gasteiger partial charge is 0.370 e. The molecule has 0 saturated carbocycles. The van der Waals surface area contributed by atoms with E-state index >= 15 is 0 Å². The first-order valence-corrected chi connectivity index (χ1v) is 6.62. The van der Waals surface area contributed by atoms with Crippen molar-refractivity contribution < 1.29 is 9.72 Å². The number of rotatable bonds is 3. The molecule has 1 saturated heterocycles. The molecule has 0 radical (unpaired) electrons. The van der Waals surface area contributed by atoms with Crippen molar-refractivity contribution in [2.24, 2.45) is 16.5 Å². The van der Waals surface area contributed by atoms with Crippen LogP contribution >= 0.6 is 11.6 Å². The number of carbonyl (C=O) groups is 1. The third-order valence-electron chi connectivity index (χ3n) is 3.24. The summed E-state index contributed by atoms with van der Waals surface area (Å²) >= 11 is 5.89. The predicted octanol–water partition coefficient (Wildman–Crippen LogP) is 1.02. The summed E-state index contributed by atoms with van der Waals surface area (Å²) in [5.41, 5.74) is 10.9. The minimum atomic E-state index is -0.557. The average molecular weight is 312 g/mol. The molecule has 2 rings (SSSR count). The van der Waals surface area contributed by atoms with E-state index in [1.165, 1.54) is 12.1 Å². The van der Waals surface area contributed by atoms with Crippen molar-refractivity contribution in [3.05, 3.63) is 33.3 Å². The van der Waals surface area contributed by atoms with Crippen molar-refractivity contribution >= 4 is 34.8 Å². The zero-order valence-corrected chi connectivity index (χ0v) is 11.8. The first-order chi connectivity index (χ1) is 9.90. The normalized spacial score (nSPS) is 17.6. The molecular formula is C12H14ClN5O3. The van der Waals surface area contributed by atoms with Gasteiger partial charge in [-0.3, -0.25) is 14.9 Å². The Bertz CT molecular complexity index is 615. The molecule has 0 spiro atoms. The molecule has 1 unspecified atom stereocenters. The number of hydrogen-bond acceptors (Lipinski definition) is 4. The molecule has 1 aromatic carbocycles. The average Bonchev–Trinajstić information content (AvgIpc) is 2.86. The lowest BCUT2D eigenvalue weighted by atomic mass is 10.2. The fraction of sp³-hybridized carbons (Fsp3) is 0.333. The minimum Gasteiger partial charge on any atom is -0.370 e. The van der Waals surface area contributed by atoms with E-state index in [0.717, 1.165) is 6.42 Å². The van der Waals surface area contributed by atoms with Crippen LogP contribution in [0.15, 0.2) is 23.2 Å². The van der Waals surface area contributed by atoms with Gasteiger partial charge in [0.25, 0.3) is 11.6 Å². The molecule has 0 aromatic heterocycles. The summed E-state index contributed by atoms with van der Waals surface area (Å²) in [5, 5.41) is 10.8. The van der Waals surface area contributed by atoms with Crippen LogP contribution in [0.3, 0.4) is 0 Å². The lowest BCUT2D eigenvalue weighted by Gasteiger charge is -2.24. The summed E-state index contributed by atoms with van der Waals surface area (Å²) < 4.78 is 0. The highest BCUT2D eigenvalue weighted by atomic mass is 35.5. The first kappa shape index (κ1) is 15.0. The molecule has 0 aliphatic carbocycles. The maximum Gasteiger partial charge on any atom is 0.288 e. The molecule has 8 nitrogen and oxygen atoms in total. The summed E-state index contributed by atoms with van der Waals surface area (Å²) in [6, 6.07) is 3.87. The van der Waals surface area contributed by atoms with Crippen molar-refractivity contribution in [2.45, 2.75) is 18.9 Å². The molecule has 1 aliphatic rings. The third-order valence-corrected chi connectivity index (χ3v) is 3.54. The molecule has 1 atom stereocenters. The van der Waals surface area contributed by atoms with Crippen molar-refractivity contribution in [1.29, 1.82) is 0 Å². The van der Waals surface area contributed by atoms with E-state index in [4.69, 9.17) is 23.1 Å². The molecule has 1 fully saturated rings. The molecule has 112 valence electrons. The van der Waals surface area contributed by atoms with Crippen LogP contribution in [0.5, 0.6) is 0 Å². The van der Waals surface area contributed by atoms with E-state index in [9.17, 15) is 14.9 Å². The first-order valence-electron chi connectivity index (χ1n) is 6.24. The van der Waals surface area contributed by atoms with Gasteiger partial charge in [-0.15, -0.1) is 0 Å². The smallest absolute Gasteiger partial charge is 0.288 e. The van der Waals surface area contributed by atoms with E-state index in [0.29, 0.717) is 18.7 Å². The summed E-state index contributed by atoms with van der Waals surface area (Å²) in [6.45, 7) is 0.630. The number of amides is 1. The van der Waals surface area contributed by atoms with Gasteiger partial charge in [-0.2, -0.15) is 4.99 Å². The molecule has 4 N–H and O–H groups in total. The third kappa shape index (κ3) is 3.22. The van der Waals surface area contributed by atoms with E-state index in [2.05, 4.69) is 4.99 Å². The topological polar surface area (TPSA) is 128 Å². The second kappa shape index (κ2) is 5.96. The van der Waals surface area contributed by atoms with Gasteiger partial charge in [0.15, 0.2) is 5.96 Å². The minimum absolute atomic E-state index is 0.0254. The Balaban J connectivity index is 2.28. The number of nitro benzene ring substituents is 1. The zero-order chi connectivity index (χ0) is 15.6. The molecule has 1 aromatic rings. The quantitative estimate of drug-likeness (QED) is 0.371. The van der Waals surface area contributed by atoms with Gasteiger partial charge in [0.1, 0.15) is 11.1 Å². The standard InChI is InChI=1S/C12H14ClN5O3/c13-8-6-7(3-4-9(8)18(20)21)17-5-1-2-10(17)11(19)16-12(14)15/h3-4,6,10H,1-2,5H2,(H4,14,15,16,19). The lowest BCUT2D eigenvalue weighted by Crippen LogP contribution is -2.37. The van der Waals surface area contributed by atoms with Gasteiger partial charge in [-0.05, 0) is 25.0 Å². The van der Waals surface area contributed by atoms with E-state index in [-0.39, 0.29) is 16.7 Å². The Morgan fingerprint density at radius 2 is 2.19 bits per heavy atom. The highest BCUT2D eigenvalue weighted by Crippen LogP contribution is 2.32. The van der Waals surface area contributed by atoms with Crippen LogP contribution in [-0.4, -0.2) is 29.4 Å². The maximum absolute atomic E-state index is 12.0. The van der Waals surface area contributed by atoms with Gasteiger partial charge in [-0.25, -0.2) is 0 Å². The number of guanidine groups is 1. The van der Waals surface area contributed by atoms with E-state index in [1.54, 1.807) is 11.0 Å². The number of aliphatic imine (C=N–C) groups is 1. The fourth-order valence-electron chi connectivity index (χ4n) is 2.36. The number of benzene rings is 1. The van der Waals surface area contributed by atoms with Gasteiger partial charge in [0.05, 0.1) is 4.92 Å². The van der Waals surface area contributed by atoms with Crippen LogP contribution in [0.4, 0.5) is 11.4 Å². The Morgan fingerprint density at radius 3 is 2.76 bits per heavy atom. The highest BCUT2D eigenvalue weighted by molar-refractivity contribution is 6.32. The molecule has 1 amide bonds. The molecule has 1 heterocycles. The maximum atomic E-state index is 12.0. The van der Waals surface area contributed by atoms with E-state index < -0.39 is 16.9 Å². The van der Waals surface area contributed by atoms with Crippen molar-refractivity contribution in [1.82, 2.24) is 0 Å². The number of halogens is 1. The number of nitrogens with two attached hydrogens (primary N) is 2. The van der Waals surface area contributed by atoms with Crippen LogP contribution in [0, 0.1) is 10.1 Å². The second-order valence-electron chi connectivity index (χ2n) is 4.62. The van der Waals surface area contributed by atoms with Crippen LogP contribution in [-0.2, 0) is 4.79 Å². The predicted molar refractivity (Wildman–Crippen MR) is 79.3 cm³/mol. The molecule has 0 bridgehead atoms. The van der Waals surface area contributed by atoms with Crippen LogP contribution in [0.2, 0.25) is 5.02 Å². The van der Waals surface area contributed by atoms with Gasteiger partial charge < -0.3 is 16.4 Å². The SMILES string of the molecule is NC(N)=NC(=O)C1CCCN1c1ccc([N+](=O)[O-])c(Cl)c1. The zero-order valence-electron chi connectivity index (χ0n) is 11.0. The fourth-order valence-corrected chi connectivity index (χ4v) is 2.60. The summed E-state index contributed by atoms with van der Waals surface area (Å²) in [6.07, 6.45) is 1.41. The van der Waals surface area contributed by atoms with Crippen LogP contribution in [0.1, 0.15) is 12.8 Å². The van der Waals surface area contributed by atoms with Crippen molar-refractivity contribution in [3.8, 4) is 0 Å². The summed E-state index contributed by atoms with van der Waals surface area (Å²) in [4.78, 5) is 27.5. The Morgan fingerprint density at radius 1 is 1.48 bits per heavy atom. The molecular weight excluding hydrogens is 298 g/mol. The highest BCUT2D eigenvalue weighted by Gasteiger charge is 2.31. The number of carbonyl (C=O) groups excluding carboxylic acids is 1. The number of nitro groups is 1. The summed E-state index contributed by atoms with van der Waals surface area (Å²) in [5.74, 6) is -0.712. The second-order valence-corrected chi connectivity index (χ2v) is 5.03. The van der Waals surface area contributed by atoms with E-state index in [1.807, 2.05) is 0 Å². The van der Waals surface area contributed by atoms with Crippen molar-refractivity contribution in [2.75, 3.05) is 11.4 Å². The Hall–Kier alpha value is -2.35. The lowest BCUT2D eigenvalue weighted by molar-refractivity contribution is -0.384. The molecule has 9 heteroatoms. The van der Waals surface area contributed by atoms with Gasteiger partial charge in [-0.1, -0.05) is 11.6 Å². The number of nitrogens with zero attached hydrogens (tertiary/aromatic N) is 3. The molecule has 21 heavy (non-hydrogen) atoms. The number of anilines is 1. The van der Waals surface area contributed by atoms with Crippen LogP contribution < -0.4 is 16.4 Å². The van der Waals surface area contributed by atoms with Crippen LogP contribution in [0.25, 0.3) is 0 Å². The van der Waals surface area contributed by atoms with Gasteiger partial charge >= 0.3 is 0 Å². The van der Waals surface area contributed by atoms with Gasteiger partial charge in [0.2, 0.25) is 0 Å². The van der Waals surface area contributed by atoms with Gasteiger partial charge in [0, 0.05) is 18.3 Å². The monoisotopic (exact) mass is 311 g/mol. The number of hydrogen-bond donors (Lipinski definition) is 2.